The van der Waals surface area contributed by atoms with Gasteiger partial charge in [-0.25, -0.2) is 0 Å². The van der Waals surface area contributed by atoms with E-state index in [4.69, 9.17) is 18.9 Å². The molecule has 1 aliphatic rings. The lowest BCUT2D eigenvalue weighted by molar-refractivity contribution is -0.136. The standard InChI is InChI=1S/C27H26BrNO7/c1-33-22-9-5-16(11-24(22)35-3)15-29-20-8-7-18(28)13-19(20)27(32,26(29)31)14-21(30)17-6-10-23(34-2)25(12-17)36-4/h5-13,32H,14-15H2,1-4H3. The summed E-state index contributed by atoms with van der Waals surface area (Å²) in [4.78, 5) is 28.4. The average Bonchev–Trinajstić information content (AvgIpc) is 3.09. The summed E-state index contributed by atoms with van der Waals surface area (Å²) in [6.45, 7) is 0.167. The van der Waals surface area contributed by atoms with Crippen molar-refractivity contribution in [2.45, 2.75) is 18.6 Å². The molecule has 1 unspecified atom stereocenters. The first kappa shape index (κ1) is 25.5. The number of nitrogens with zero attached hydrogens (tertiary/aromatic N) is 1. The fourth-order valence-electron chi connectivity index (χ4n) is 4.36. The first-order valence-electron chi connectivity index (χ1n) is 11.1. The Morgan fingerprint density at radius 1 is 0.861 bits per heavy atom. The maximum atomic E-state index is 13.7. The molecule has 0 saturated carbocycles. The van der Waals surface area contributed by atoms with Crippen LogP contribution in [-0.4, -0.2) is 45.2 Å². The van der Waals surface area contributed by atoms with E-state index >= 15 is 0 Å². The lowest BCUT2D eigenvalue weighted by Crippen LogP contribution is -2.41. The normalized spacial score (nSPS) is 16.5. The van der Waals surface area contributed by atoms with Crippen LogP contribution in [0.5, 0.6) is 23.0 Å². The lowest BCUT2D eigenvalue weighted by Gasteiger charge is -2.23. The summed E-state index contributed by atoms with van der Waals surface area (Å²) in [6.07, 6.45) is -0.437. The van der Waals surface area contributed by atoms with Crippen molar-refractivity contribution in [2.75, 3.05) is 33.3 Å². The monoisotopic (exact) mass is 555 g/mol. The Balaban J connectivity index is 1.69. The Hall–Kier alpha value is -3.56. The van der Waals surface area contributed by atoms with E-state index in [9.17, 15) is 14.7 Å². The molecular weight excluding hydrogens is 530 g/mol. The third-order valence-corrected chi connectivity index (χ3v) is 6.70. The SMILES string of the molecule is COc1ccc(CN2C(=O)C(O)(CC(=O)c3ccc(OC)c(OC)c3)c3cc(Br)ccc32)cc1OC. The zero-order valence-electron chi connectivity index (χ0n) is 20.3. The molecule has 0 fully saturated rings. The Morgan fingerprint density at radius 2 is 1.47 bits per heavy atom. The molecule has 0 spiro atoms. The van der Waals surface area contributed by atoms with Gasteiger partial charge in [0, 0.05) is 15.6 Å². The van der Waals surface area contributed by atoms with Gasteiger partial charge in [-0.1, -0.05) is 22.0 Å². The van der Waals surface area contributed by atoms with Crippen LogP contribution in [0.3, 0.4) is 0 Å². The van der Waals surface area contributed by atoms with E-state index < -0.39 is 23.7 Å². The highest BCUT2D eigenvalue weighted by Crippen LogP contribution is 2.45. The molecule has 9 heteroatoms. The molecule has 3 aromatic carbocycles. The largest absolute Gasteiger partial charge is 0.493 e. The first-order chi connectivity index (χ1) is 17.2. The number of amides is 1. The fourth-order valence-corrected chi connectivity index (χ4v) is 4.72. The van der Waals surface area contributed by atoms with Crippen molar-refractivity contribution in [3.8, 4) is 23.0 Å². The van der Waals surface area contributed by atoms with Crippen LogP contribution in [0.4, 0.5) is 5.69 Å². The van der Waals surface area contributed by atoms with Gasteiger partial charge in [0.15, 0.2) is 34.4 Å². The third kappa shape index (κ3) is 4.52. The van der Waals surface area contributed by atoms with Gasteiger partial charge in [-0.3, -0.25) is 9.59 Å². The predicted octanol–water partition coefficient (Wildman–Crippen LogP) is 4.49. The van der Waals surface area contributed by atoms with Gasteiger partial charge in [0.05, 0.1) is 47.1 Å². The Labute approximate surface area is 217 Å². The smallest absolute Gasteiger partial charge is 0.264 e. The summed E-state index contributed by atoms with van der Waals surface area (Å²) in [5, 5.41) is 11.7. The van der Waals surface area contributed by atoms with Crippen molar-refractivity contribution < 1.29 is 33.6 Å². The number of ketones is 1. The zero-order valence-corrected chi connectivity index (χ0v) is 21.9. The number of carbonyl (C=O) groups is 2. The van der Waals surface area contributed by atoms with E-state index in [2.05, 4.69) is 15.9 Å². The van der Waals surface area contributed by atoms with Crippen molar-refractivity contribution in [3.63, 3.8) is 0 Å². The molecule has 0 aliphatic carbocycles. The molecule has 1 atom stereocenters. The van der Waals surface area contributed by atoms with Gasteiger partial charge >= 0.3 is 0 Å². The highest BCUT2D eigenvalue weighted by Gasteiger charge is 2.51. The summed E-state index contributed by atoms with van der Waals surface area (Å²) in [6, 6.07) is 15.3. The second-order valence-electron chi connectivity index (χ2n) is 8.27. The summed E-state index contributed by atoms with van der Waals surface area (Å²) in [5.41, 5.74) is -0.0919. The van der Waals surface area contributed by atoms with Gasteiger partial charge in [-0.05, 0) is 54.1 Å². The van der Waals surface area contributed by atoms with E-state index in [1.54, 1.807) is 49.6 Å². The van der Waals surface area contributed by atoms with E-state index in [0.717, 1.165) is 5.56 Å². The molecule has 1 aliphatic heterocycles. The number of methoxy groups -OCH3 is 4. The minimum atomic E-state index is -2.04. The zero-order chi connectivity index (χ0) is 26.0. The number of benzene rings is 3. The highest BCUT2D eigenvalue weighted by molar-refractivity contribution is 9.10. The molecule has 188 valence electrons. The molecule has 3 aromatic rings. The first-order valence-corrected chi connectivity index (χ1v) is 11.9. The molecule has 1 N–H and O–H groups in total. The van der Waals surface area contributed by atoms with Gasteiger partial charge in [0.2, 0.25) is 0 Å². The van der Waals surface area contributed by atoms with Crippen molar-refractivity contribution >= 4 is 33.3 Å². The van der Waals surface area contributed by atoms with Crippen molar-refractivity contribution in [1.82, 2.24) is 0 Å². The van der Waals surface area contributed by atoms with Crippen molar-refractivity contribution in [2.24, 2.45) is 0 Å². The lowest BCUT2D eigenvalue weighted by atomic mass is 9.88. The summed E-state index contributed by atoms with van der Waals surface area (Å²) < 4.78 is 21.9. The number of hydrogen-bond acceptors (Lipinski definition) is 7. The Bertz CT molecular complexity index is 1330. The van der Waals surface area contributed by atoms with E-state index in [1.165, 1.54) is 32.3 Å². The van der Waals surface area contributed by atoms with E-state index in [1.807, 2.05) is 6.07 Å². The number of hydrogen-bond donors (Lipinski definition) is 1. The molecule has 36 heavy (non-hydrogen) atoms. The molecule has 1 amide bonds. The van der Waals surface area contributed by atoms with Crippen LogP contribution in [-0.2, 0) is 16.9 Å². The number of rotatable bonds is 9. The van der Waals surface area contributed by atoms with Crippen LogP contribution in [0.15, 0.2) is 59.1 Å². The number of carbonyl (C=O) groups excluding carboxylic acids is 2. The van der Waals surface area contributed by atoms with Crippen molar-refractivity contribution in [3.05, 3.63) is 75.8 Å². The molecule has 0 radical (unpaired) electrons. The number of ether oxygens (including phenoxy) is 4. The number of Topliss-reactive ketones (excluding diaryl/α,β-unsaturated/α-hetero) is 1. The summed E-state index contributed by atoms with van der Waals surface area (Å²) in [7, 11) is 6.06. The molecule has 0 bridgehead atoms. The molecular formula is C27H26BrNO7. The summed E-state index contributed by atoms with van der Waals surface area (Å²) >= 11 is 3.42. The van der Waals surface area contributed by atoms with Crippen LogP contribution < -0.4 is 23.8 Å². The molecule has 4 rings (SSSR count). The van der Waals surface area contributed by atoms with Gasteiger partial charge in [-0.2, -0.15) is 0 Å². The van der Waals surface area contributed by atoms with Crippen LogP contribution in [0.1, 0.15) is 27.9 Å². The van der Waals surface area contributed by atoms with Gasteiger partial charge in [-0.15, -0.1) is 0 Å². The predicted molar refractivity (Wildman–Crippen MR) is 137 cm³/mol. The maximum Gasteiger partial charge on any atom is 0.264 e. The second-order valence-corrected chi connectivity index (χ2v) is 9.19. The molecule has 1 heterocycles. The van der Waals surface area contributed by atoms with Gasteiger partial charge in [0.1, 0.15) is 0 Å². The summed E-state index contributed by atoms with van der Waals surface area (Å²) in [5.74, 6) is 0.947. The van der Waals surface area contributed by atoms with Crippen LogP contribution in [0.25, 0.3) is 0 Å². The number of fused-ring (bicyclic) bond motifs is 1. The average molecular weight is 556 g/mol. The Morgan fingerprint density at radius 3 is 2.11 bits per heavy atom. The second kappa shape index (κ2) is 10.2. The minimum Gasteiger partial charge on any atom is -0.493 e. The number of anilines is 1. The van der Waals surface area contributed by atoms with E-state index in [0.29, 0.717) is 44.3 Å². The highest BCUT2D eigenvalue weighted by atomic mass is 79.9. The molecule has 0 aromatic heterocycles. The third-order valence-electron chi connectivity index (χ3n) is 6.20. The van der Waals surface area contributed by atoms with Crippen LogP contribution >= 0.6 is 15.9 Å². The number of halogens is 1. The molecule has 8 nitrogen and oxygen atoms in total. The Kier molecular flexibility index (Phi) is 7.23. The quantitative estimate of drug-likeness (QED) is 0.388. The van der Waals surface area contributed by atoms with Crippen LogP contribution in [0, 0.1) is 0 Å². The fraction of sp³-hybridized carbons (Fsp3) is 0.259. The minimum absolute atomic E-state index is 0.167. The van der Waals surface area contributed by atoms with Gasteiger partial charge in [0.25, 0.3) is 5.91 Å². The topological polar surface area (TPSA) is 94.5 Å². The number of aliphatic hydroxyl groups is 1. The van der Waals surface area contributed by atoms with Crippen LogP contribution in [0.2, 0.25) is 0 Å². The van der Waals surface area contributed by atoms with Gasteiger partial charge < -0.3 is 29.0 Å². The molecule has 0 saturated heterocycles. The maximum absolute atomic E-state index is 13.7. The van der Waals surface area contributed by atoms with E-state index in [-0.39, 0.29) is 6.54 Å². The van der Waals surface area contributed by atoms with Crippen molar-refractivity contribution in [1.29, 1.82) is 0 Å².